The van der Waals surface area contributed by atoms with Crippen molar-refractivity contribution in [1.29, 1.82) is 0 Å². The summed E-state index contributed by atoms with van der Waals surface area (Å²) in [7, 11) is 0. The zero-order valence-electron chi connectivity index (χ0n) is 17.0. The molecule has 0 saturated heterocycles. The third-order valence-corrected chi connectivity index (χ3v) is 4.62. The smallest absolute Gasteiger partial charge is 0.351 e. The molecule has 1 heterocycles. The van der Waals surface area contributed by atoms with Crippen LogP contribution in [0.25, 0.3) is 0 Å². The van der Waals surface area contributed by atoms with Gasteiger partial charge in [0, 0.05) is 0 Å². The van der Waals surface area contributed by atoms with Crippen LogP contribution in [-0.2, 0) is 20.7 Å². The molecule has 0 aliphatic carbocycles. The van der Waals surface area contributed by atoms with E-state index in [2.05, 4.69) is 31.3 Å². The molecule has 1 aliphatic rings. The largest absolute Gasteiger partial charge is 0.485 e. The van der Waals surface area contributed by atoms with Crippen molar-refractivity contribution in [3.05, 3.63) is 59.7 Å². The van der Waals surface area contributed by atoms with E-state index in [1.165, 1.54) is 5.56 Å². The Hall–Kier alpha value is -3.02. The maximum Gasteiger partial charge on any atom is 0.351 e. The Kier molecular flexibility index (Phi) is 6.75. The Bertz CT molecular complexity index is 847. The Morgan fingerprint density at radius 1 is 1.07 bits per heavy atom. The fraction of sp³-hybridized carbons (Fsp3) is 0.391. The number of esters is 1. The van der Waals surface area contributed by atoms with E-state index in [1.54, 1.807) is 18.2 Å². The predicted octanol–water partition coefficient (Wildman–Crippen LogP) is 3.45. The summed E-state index contributed by atoms with van der Waals surface area (Å²) < 4.78 is 16.2. The molecule has 0 fully saturated rings. The third kappa shape index (κ3) is 5.73. The first-order chi connectivity index (χ1) is 13.9. The van der Waals surface area contributed by atoms with E-state index in [9.17, 15) is 9.59 Å². The molecule has 0 saturated carbocycles. The normalized spacial score (nSPS) is 16.2. The van der Waals surface area contributed by atoms with E-state index in [1.807, 2.05) is 25.1 Å². The summed E-state index contributed by atoms with van der Waals surface area (Å²) in [5.41, 5.74) is 2.27. The van der Waals surface area contributed by atoms with E-state index >= 15 is 0 Å². The molecule has 1 amide bonds. The van der Waals surface area contributed by atoms with Crippen molar-refractivity contribution in [1.82, 2.24) is 5.32 Å². The number of fused-ring (bicyclic) bond motifs is 1. The second-order valence-electron chi connectivity index (χ2n) is 7.60. The lowest BCUT2D eigenvalue weighted by molar-refractivity contribution is -0.157. The van der Waals surface area contributed by atoms with Crippen LogP contribution in [0.4, 0.5) is 0 Å². The quantitative estimate of drug-likeness (QED) is 0.725. The van der Waals surface area contributed by atoms with Gasteiger partial charge < -0.3 is 19.5 Å². The molecule has 3 rings (SSSR count). The molecule has 6 nitrogen and oxygen atoms in total. The summed E-state index contributed by atoms with van der Waals surface area (Å²) in [4.78, 5) is 24.4. The third-order valence-electron chi connectivity index (χ3n) is 4.62. The summed E-state index contributed by atoms with van der Waals surface area (Å²) in [6.45, 7) is 5.95. The van der Waals surface area contributed by atoms with Crippen LogP contribution in [0.5, 0.6) is 11.5 Å². The van der Waals surface area contributed by atoms with Crippen molar-refractivity contribution in [3.8, 4) is 11.5 Å². The van der Waals surface area contributed by atoms with Gasteiger partial charge in [-0.1, -0.05) is 50.2 Å². The number of amides is 1. The number of benzene rings is 2. The van der Waals surface area contributed by atoms with Crippen molar-refractivity contribution >= 4 is 11.9 Å². The second-order valence-corrected chi connectivity index (χ2v) is 7.60. The molecule has 154 valence electrons. The maximum atomic E-state index is 12.2. The van der Waals surface area contributed by atoms with Crippen LogP contribution in [0.1, 0.15) is 37.9 Å². The molecule has 0 unspecified atom stereocenters. The van der Waals surface area contributed by atoms with Crippen LogP contribution in [0.15, 0.2) is 48.5 Å². The molecule has 0 bridgehead atoms. The van der Waals surface area contributed by atoms with Crippen molar-refractivity contribution in [3.63, 3.8) is 0 Å². The first-order valence-electron chi connectivity index (χ1n) is 9.85. The molecule has 0 aromatic heterocycles. The Balaban J connectivity index is 1.45. The predicted molar refractivity (Wildman–Crippen MR) is 109 cm³/mol. The lowest BCUT2D eigenvalue weighted by Gasteiger charge is -2.25. The number of para-hydroxylation sites is 2. The van der Waals surface area contributed by atoms with Crippen LogP contribution in [0.3, 0.4) is 0 Å². The van der Waals surface area contributed by atoms with Gasteiger partial charge in [-0.05, 0) is 42.5 Å². The number of carbonyl (C=O) groups is 2. The molecule has 0 spiro atoms. The van der Waals surface area contributed by atoms with E-state index in [4.69, 9.17) is 14.2 Å². The minimum absolute atomic E-state index is 0.0522. The van der Waals surface area contributed by atoms with Gasteiger partial charge in [-0.15, -0.1) is 0 Å². The highest BCUT2D eigenvalue weighted by molar-refractivity contribution is 5.82. The van der Waals surface area contributed by atoms with Crippen LogP contribution in [-0.4, -0.2) is 31.2 Å². The van der Waals surface area contributed by atoms with Crippen LogP contribution >= 0.6 is 0 Å². The Morgan fingerprint density at radius 2 is 1.76 bits per heavy atom. The van der Waals surface area contributed by atoms with Crippen LogP contribution in [0.2, 0.25) is 0 Å². The highest BCUT2D eigenvalue weighted by Gasteiger charge is 2.29. The first-order valence-corrected chi connectivity index (χ1v) is 9.85. The minimum Gasteiger partial charge on any atom is -0.485 e. The van der Waals surface area contributed by atoms with Crippen LogP contribution in [0, 0.1) is 5.92 Å². The summed E-state index contributed by atoms with van der Waals surface area (Å²) in [6, 6.07) is 15.1. The molecular formula is C23H27NO5. The Labute approximate surface area is 171 Å². The number of rotatable bonds is 7. The fourth-order valence-electron chi connectivity index (χ4n) is 3.15. The highest BCUT2D eigenvalue weighted by Crippen LogP contribution is 2.31. The number of nitrogens with one attached hydrogen (secondary N) is 1. The maximum absolute atomic E-state index is 12.2. The monoisotopic (exact) mass is 397 g/mol. The molecule has 0 radical (unpaired) electrons. The van der Waals surface area contributed by atoms with Gasteiger partial charge in [0.15, 0.2) is 18.1 Å². The summed E-state index contributed by atoms with van der Waals surface area (Å²) in [5, 5.41) is 2.84. The van der Waals surface area contributed by atoms with Gasteiger partial charge >= 0.3 is 5.97 Å². The zero-order valence-corrected chi connectivity index (χ0v) is 17.0. The molecular weight excluding hydrogens is 370 g/mol. The van der Waals surface area contributed by atoms with E-state index in [0.29, 0.717) is 17.4 Å². The SMILES string of the molecule is CC(C)Cc1ccc([C@H](C)NC(=O)COC(=O)[C@@H]2COc3ccccc3O2)cc1. The van der Waals surface area contributed by atoms with E-state index < -0.39 is 12.1 Å². The van der Waals surface area contributed by atoms with Gasteiger partial charge in [-0.25, -0.2) is 4.79 Å². The van der Waals surface area contributed by atoms with Crippen molar-refractivity contribution < 1.29 is 23.8 Å². The molecule has 6 heteroatoms. The average molecular weight is 397 g/mol. The summed E-state index contributed by atoms with van der Waals surface area (Å²) >= 11 is 0. The van der Waals surface area contributed by atoms with Gasteiger partial charge in [0.1, 0.15) is 6.61 Å². The number of hydrogen-bond donors (Lipinski definition) is 1. The van der Waals surface area contributed by atoms with E-state index in [-0.39, 0.29) is 25.2 Å². The minimum atomic E-state index is -0.886. The molecule has 1 aliphatic heterocycles. The highest BCUT2D eigenvalue weighted by atomic mass is 16.6. The van der Waals surface area contributed by atoms with Gasteiger partial charge in [0.05, 0.1) is 6.04 Å². The average Bonchev–Trinajstić information content (AvgIpc) is 2.71. The van der Waals surface area contributed by atoms with Crippen LogP contribution < -0.4 is 14.8 Å². The van der Waals surface area contributed by atoms with Gasteiger partial charge in [0.25, 0.3) is 5.91 Å². The number of ether oxygens (including phenoxy) is 3. The Morgan fingerprint density at radius 3 is 2.45 bits per heavy atom. The lowest BCUT2D eigenvalue weighted by Crippen LogP contribution is -2.40. The zero-order chi connectivity index (χ0) is 20.8. The second kappa shape index (κ2) is 9.45. The molecule has 2 aromatic carbocycles. The molecule has 2 aromatic rings. The summed E-state index contributed by atoms with van der Waals surface area (Å²) in [6.07, 6.45) is 0.137. The molecule has 2 atom stereocenters. The molecule has 1 N–H and O–H groups in total. The number of carbonyl (C=O) groups excluding carboxylic acids is 2. The van der Waals surface area contributed by atoms with Crippen molar-refractivity contribution in [2.24, 2.45) is 5.92 Å². The topological polar surface area (TPSA) is 73.9 Å². The van der Waals surface area contributed by atoms with Gasteiger partial charge in [0.2, 0.25) is 6.10 Å². The molecule has 29 heavy (non-hydrogen) atoms. The standard InChI is InChI=1S/C23H27NO5/c1-15(2)12-17-8-10-18(11-9-17)16(3)24-22(25)14-28-23(26)21-13-27-19-6-4-5-7-20(19)29-21/h4-11,15-16,21H,12-14H2,1-3H3,(H,24,25)/t16-,21-/m0/s1. The summed E-state index contributed by atoms with van der Waals surface area (Å²) in [5.74, 6) is 0.677. The van der Waals surface area contributed by atoms with E-state index in [0.717, 1.165) is 12.0 Å². The van der Waals surface area contributed by atoms with Crippen molar-refractivity contribution in [2.75, 3.05) is 13.2 Å². The first kappa shape index (κ1) is 20.7. The van der Waals surface area contributed by atoms with Gasteiger partial charge in [-0.2, -0.15) is 0 Å². The number of hydrogen-bond acceptors (Lipinski definition) is 5. The van der Waals surface area contributed by atoms with Gasteiger partial charge in [-0.3, -0.25) is 4.79 Å². The lowest BCUT2D eigenvalue weighted by atomic mass is 10.00. The fourth-order valence-corrected chi connectivity index (χ4v) is 3.15. The van der Waals surface area contributed by atoms with Crippen molar-refractivity contribution in [2.45, 2.75) is 39.3 Å².